The Morgan fingerprint density at radius 1 is 1.12 bits per heavy atom. The SMILES string of the molecule is CC(C)(C)OC(=O)NC(CC(=O)N1CCCCC1)C(=O)Nc1ccc2[nH]c(C(=O)O)cc2c1. The van der Waals surface area contributed by atoms with Crippen molar-refractivity contribution < 1.29 is 29.0 Å². The molecule has 3 rings (SSSR count). The monoisotopic (exact) mass is 458 g/mol. The van der Waals surface area contributed by atoms with E-state index in [1.165, 1.54) is 6.07 Å². The maximum Gasteiger partial charge on any atom is 0.408 e. The van der Waals surface area contributed by atoms with Crippen molar-refractivity contribution >= 4 is 40.5 Å². The van der Waals surface area contributed by atoms with Crippen molar-refractivity contribution in [1.82, 2.24) is 15.2 Å². The Balaban J connectivity index is 1.75. The second kappa shape index (κ2) is 9.93. The Labute approximate surface area is 191 Å². The van der Waals surface area contributed by atoms with Crippen LogP contribution in [-0.4, -0.2) is 63.6 Å². The highest BCUT2D eigenvalue weighted by atomic mass is 16.6. The number of benzene rings is 1. The summed E-state index contributed by atoms with van der Waals surface area (Å²) in [6.45, 7) is 6.39. The lowest BCUT2D eigenvalue weighted by molar-refractivity contribution is -0.134. The zero-order valence-electron chi connectivity index (χ0n) is 19.1. The predicted octanol–water partition coefficient (Wildman–Crippen LogP) is 3.10. The number of carbonyl (C=O) groups excluding carboxylic acids is 3. The number of rotatable bonds is 6. The quantitative estimate of drug-likeness (QED) is 0.524. The number of hydrogen-bond donors (Lipinski definition) is 4. The molecule has 1 aromatic carbocycles. The third kappa shape index (κ3) is 6.71. The standard InChI is InChI=1S/C23H30N4O6/c1-23(2,3)33-22(32)26-17(13-19(28)27-9-5-4-6-10-27)20(29)24-15-7-8-16-14(11-15)12-18(25-16)21(30)31/h7-8,11-12,17,25H,4-6,9-10,13H2,1-3H3,(H,24,29)(H,26,32)(H,30,31). The van der Waals surface area contributed by atoms with Gasteiger partial charge in [-0.15, -0.1) is 0 Å². The average Bonchev–Trinajstić information content (AvgIpc) is 3.16. The van der Waals surface area contributed by atoms with Crippen LogP contribution in [0.4, 0.5) is 10.5 Å². The molecule has 1 aromatic heterocycles. The molecule has 4 N–H and O–H groups in total. The van der Waals surface area contributed by atoms with E-state index in [0.29, 0.717) is 29.7 Å². The van der Waals surface area contributed by atoms with Gasteiger partial charge >= 0.3 is 12.1 Å². The summed E-state index contributed by atoms with van der Waals surface area (Å²) in [6, 6.07) is 5.20. The van der Waals surface area contributed by atoms with Crippen LogP contribution in [0.1, 0.15) is 56.9 Å². The number of nitrogens with one attached hydrogen (secondary N) is 3. The van der Waals surface area contributed by atoms with E-state index in [-0.39, 0.29) is 18.0 Å². The normalized spacial score (nSPS) is 15.1. The van der Waals surface area contributed by atoms with Crippen LogP contribution >= 0.6 is 0 Å². The number of H-pyrrole nitrogens is 1. The number of piperidine rings is 1. The molecule has 1 aliphatic heterocycles. The predicted molar refractivity (Wildman–Crippen MR) is 122 cm³/mol. The Kier molecular flexibility index (Phi) is 7.25. The number of aromatic amines is 1. The molecule has 2 aromatic rings. The van der Waals surface area contributed by atoms with Gasteiger partial charge in [0.1, 0.15) is 17.3 Å². The third-order valence-electron chi connectivity index (χ3n) is 5.21. The molecule has 0 aliphatic carbocycles. The van der Waals surface area contributed by atoms with Gasteiger partial charge in [-0.2, -0.15) is 0 Å². The minimum Gasteiger partial charge on any atom is -0.477 e. The van der Waals surface area contributed by atoms with E-state index in [0.717, 1.165) is 19.3 Å². The highest BCUT2D eigenvalue weighted by molar-refractivity contribution is 6.01. The average molecular weight is 459 g/mol. The topological polar surface area (TPSA) is 141 Å². The first kappa shape index (κ1) is 24.1. The highest BCUT2D eigenvalue weighted by Gasteiger charge is 2.29. The Morgan fingerprint density at radius 3 is 2.45 bits per heavy atom. The van der Waals surface area contributed by atoms with Crippen LogP contribution in [-0.2, 0) is 14.3 Å². The first-order chi connectivity index (χ1) is 15.5. The zero-order valence-corrected chi connectivity index (χ0v) is 19.1. The number of amides is 3. The molecule has 3 amide bonds. The zero-order chi connectivity index (χ0) is 24.2. The molecule has 178 valence electrons. The van der Waals surface area contributed by atoms with E-state index >= 15 is 0 Å². The van der Waals surface area contributed by atoms with Crippen molar-refractivity contribution in [2.75, 3.05) is 18.4 Å². The van der Waals surface area contributed by atoms with Crippen LogP contribution < -0.4 is 10.6 Å². The Morgan fingerprint density at radius 2 is 1.82 bits per heavy atom. The minimum atomic E-state index is -1.13. The summed E-state index contributed by atoms with van der Waals surface area (Å²) in [5.74, 6) is -1.87. The van der Waals surface area contributed by atoms with Crippen molar-refractivity contribution in [2.24, 2.45) is 0 Å². The molecule has 0 saturated carbocycles. The molecule has 2 heterocycles. The van der Waals surface area contributed by atoms with E-state index in [1.807, 2.05) is 0 Å². The molecule has 1 saturated heterocycles. The number of anilines is 1. The first-order valence-electron chi connectivity index (χ1n) is 11.0. The van der Waals surface area contributed by atoms with Crippen LogP contribution in [0.2, 0.25) is 0 Å². The summed E-state index contributed by atoms with van der Waals surface area (Å²) in [6.07, 6.45) is 1.91. The summed E-state index contributed by atoms with van der Waals surface area (Å²) in [7, 11) is 0. The van der Waals surface area contributed by atoms with Crippen molar-refractivity contribution in [3.63, 3.8) is 0 Å². The molecule has 10 nitrogen and oxygen atoms in total. The van der Waals surface area contributed by atoms with Gasteiger partial charge in [0, 0.05) is 29.7 Å². The molecule has 10 heteroatoms. The lowest BCUT2D eigenvalue weighted by atomic mass is 10.1. The summed E-state index contributed by atoms with van der Waals surface area (Å²) in [5.41, 5.74) is 0.285. The number of ether oxygens (including phenoxy) is 1. The van der Waals surface area contributed by atoms with Gasteiger partial charge in [-0.1, -0.05) is 0 Å². The van der Waals surface area contributed by atoms with Crippen molar-refractivity contribution in [3.8, 4) is 0 Å². The van der Waals surface area contributed by atoms with Crippen LogP contribution in [0.15, 0.2) is 24.3 Å². The van der Waals surface area contributed by atoms with Crippen LogP contribution in [0, 0.1) is 0 Å². The summed E-state index contributed by atoms with van der Waals surface area (Å²) in [5, 5.41) is 15.0. The second-order valence-corrected chi connectivity index (χ2v) is 9.12. The van der Waals surface area contributed by atoms with Crippen molar-refractivity contribution in [2.45, 2.75) is 58.1 Å². The highest BCUT2D eigenvalue weighted by Crippen LogP contribution is 2.21. The molecule has 33 heavy (non-hydrogen) atoms. The maximum atomic E-state index is 13.0. The molecule has 1 fully saturated rings. The Bertz CT molecular complexity index is 1050. The molecule has 0 spiro atoms. The number of fused-ring (bicyclic) bond motifs is 1. The van der Waals surface area contributed by atoms with Crippen LogP contribution in [0.3, 0.4) is 0 Å². The van der Waals surface area contributed by atoms with Gasteiger partial charge in [-0.3, -0.25) is 9.59 Å². The lowest BCUT2D eigenvalue weighted by Gasteiger charge is -2.29. The third-order valence-corrected chi connectivity index (χ3v) is 5.21. The second-order valence-electron chi connectivity index (χ2n) is 9.12. The van der Waals surface area contributed by atoms with Crippen molar-refractivity contribution in [1.29, 1.82) is 0 Å². The smallest absolute Gasteiger partial charge is 0.408 e. The number of hydrogen-bond acceptors (Lipinski definition) is 5. The molecular formula is C23H30N4O6. The summed E-state index contributed by atoms with van der Waals surface area (Å²) in [4.78, 5) is 53.8. The number of carboxylic acids is 1. The fourth-order valence-electron chi connectivity index (χ4n) is 3.66. The molecule has 0 radical (unpaired) electrons. The first-order valence-corrected chi connectivity index (χ1v) is 11.0. The van der Waals surface area contributed by atoms with Gasteiger partial charge in [0.05, 0.1) is 6.42 Å². The van der Waals surface area contributed by atoms with E-state index in [1.54, 1.807) is 43.9 Å². The Hall–Kier alpha value is -3.56. The number of aromatic carboxylic acids is 1. The lowest BCUT2D eigenvalue weighted by Crippen LogP contribution is -2.49. The fourth-order valence-corrected chi connectivity index (χ4v) is 3.66. The molecule has 1 atom stereocenters. The van der Waals surface area contributed by atoms with Gasteiger partial charge in [-0.05, 0) is 64.3 Å². The van der Waals surface area contributed by atoms with Gasteiger partial charge in [0.15, 0.2) is 0 Å². The largest absolute Gasteiger partial charge is 0.477 e. The van der Waals surface area contributed by atoms with E-state index < -0.39 is 29.6 Å². The van der Waals surface area contributed by atoms with E-state index in [9.17, 15) is 19.2 Å². The van der Waals surface area contributed by atoms with Gasteiger partial charge in [0.25, 0.3) is 0 Å². The maximum absolute atomic E-state index is 13.0. The van der Waals surface area contributed by atoms with Crippen molar-refractivity contribution in [3.05, 3.63) is 30.0 Å². The number of aromatic nitrogens is 1. The molecule has 1 unspecified atom stereocenters. The fraction of sp³-hybridized carbons (Fsp3) is 0.478. The molecule has 1 aliphatic rings. The summed E-state index contributed by atoms with van der Waals surface area (Å²) >= 11 is 0. The number of likely N-dealkylation sites (tertiary alicyclic amines) is 1. The van der Waals surface area contributed by atoms with E-state index in [2.05, 4.69) is 15.6 Å². The van der Waals surface area contributed by atoms with E-state index in [4.69, 9.17) is 9.84 Å². The number of carboxylic acid groups (broad SMARTS) is 1. The van der Waals surface area contributed by atoms with Gasteiger partial charge in [-0.25, -0.2) is 9.59 Å². The molecule has 0 bridgehead atoms. The van der Waals surface area contributed by atoms with Crippen LogP contribution in [0.5, 0.6) is 0 Å². The number of nitrogens with zero attached hydrogens (tertiary/aromatic N) is 1. The number of carbonyl (C=O) groups is 4. The van der Waals surface area contributed by atoms with Gasteiger partial charge in [0.2, 0.25) is 11.8 Å². The summed E-state index contributed by atoms with van der Waals surface area (Å²) < 4.78 is 5.26. The van der Waals surface area contributed by atoms with Crippen LogP contribution in [0.25, 0.3) is 10.9 Å². The minimum absolute atomic E-state index is 0.0325. The van der Waals surface area contributed by atoms with Gasteiger partial charge < -0.3 is 30.4 Å². The number of alkyl carbamates (subject to hydrolysis) is 1. The molecular weight excluding hydrogens is 428 g/mol.